The molecule has 0 radical (unpaired) electrons. The van der Waals surface area contributed by atoms with E-state index in [9.17, 15) is 20.1 Å². The van der Waals surface area contributed by atoms with Crippen molar-refractivity contribution in [2.24, 2.45) is 0 Å². The highest BCUT2D eigenvalue weighted by Gasteiger charge is 2.44. The maximum absolute atomic E-state index is 11.7. The summed E-state index contributed by atoms with van der Waals surface area (Å²) in [6.45, 7) is -0.545. The summed E-state index contributed by atoms with van der Waals surface area (Å²) < 4.78 is 9.79. The zero-order valence-corrected chi connectivity index (χ0v) is 11.7. The third-order valence-electron chi connectivity index (χ3n) is 3.40. The van der Waals surface area contributed by atoms with Crippen molar-refractivity contribution in [2.45, 2.75) is 37.3 Å². The smallest absolute Gasteiger partial charge is 0.407 e. The number of carbonyl (C=O) groups excluding carboxylic acids is 1. The van der Waals surface area contributed by atoms with Gasteiger partial charge < -0.3 is 35.2 Å². The van der Waals surface area contributed by atoms with Crippen LogP contribution in [0.15, 0.2) is 30.3 Å². The van der Waals surface area contributed by atoms with Crippen molar-refractivity contribution >= 4 is 6.09 Å². The zero-order chi connectivity index (χ0) is 16.1. The summed E-state index contributed by atoms with van der Waals surface area (Å²) in [6, 6.07) is 7.75. The summed E-state index contributed by atoms with van der Waals surface area (Å²) in [5.74, 6) is 0. The van der Waals surface area contributed by atoms with Gasteiger partial charge in [-0.25, -0.2) is 4.79 Å². The van der Waals surface area contributed by atoms with Crippen molar-refractivity contribution in [3.05, 3.63) is 35.9 Å². The molecule has 1 fully saturated rings. The summed E-state index contributed by atoms with van der Waals surface area (Å²) in [7, 11) is 0. The fourth-order valence-corrected chi connectivity index (χ4v) is 2.17. The minimum absolute atomic E-state index is 0.0219. The Labute approximate surface area is 126 Å². The average molecular weight is 313 g/mol. The maximum Gasteiger partial charge on any atom is 0.407 e. The number of aliphatic hydroxyl groups is 4. The standard InChI is InChI=1S/C14H19NO7/c16-6-9-11(17)10(12(18)13(19)22-9)15-14(20)21-7-8-4-2-1-3-5-8/h1-5,9-13,16-19H,6-7H2,(H,15,20). The Morgan fingerprint density at radius 1 is 1.18 bits per heavy atom. The van der Waals surface area contributed by atoms with E-state index in [0.717, 1.165) is 5.56 Å². The van der Waals surface area contributed by atoms with Crippen LogP contribution >= 0.6 is 0 Å². The molecular formula is C14H19NO7. The van der Waals surface area contributed by atoms with E-state index in [4.69, 9.17) is 14.6 Å². The largest absolute Gasteiger partial charge is 0.445 e. The highest BCUT2D eigenvalue weighted by atomic mass is 16.6. The first-order valence-corrected chi connectivity index (χ1v) is 6.80. The summed E-state index contributed by atoms with van der Waals surface area (Å²) >= 11 is 0. The fraction of sp³-hybridized carbons (Fsp3) is 0.500. The Morgan fingerprint density at radius 2 is 1.86 bits per heavy atom. The molecule has 5 atom stereocenters. The lowest BCUT2D eigenvalue weighted by Crippen LogP contribution is -2.64. The molecule has 1 amide bonds. The third kappa shape index (κ3) is 3.93. The molecule has 5 unspecified atom stereocenters. The lowest BCUT2D eigenvalue weighted by atomic mass is 9.96. The molecule has 2 rings (SSSR count). The lowest BCUT2D eigenvalue weighted by Gasteiger charge is -2.40. The Kier molecular flexibility index (Phi) is 5.69. The number of carbonyl (C=O) groups is 1. The first-order chi connectivity index (χ1) is 10.5. The van der Waals surface area contributed by atoms with Crippen molar-refractivity contribution in [1.29, 1.82) is 0 Å². The van der Waals surface area contributed by atoms with Gasteiger partial charge in [-0.2, -0.15) is 0 Å². The normalized spacial score (nSPS) is 31.5. The second kappa shape index (κ2) is 7.52. The molecule has 22 heavy (non-hydrogen) atoms. The second-order valence-electron chi connectivity index (χ2n) is 4.96. The lowest BCUT2D eigenvalue weighted by molar-refractivity contribution is -0.261. The van der Waals surface area contributed by atoms with Crippen LogP contribution in [0.4, 0.5) is 4.79 Å². The number of amides is 1. The molecule has 8 heteroatoms. The molecule has 0 bridgehead atoms. The average Bonchev–Trinajstić information content (AvgIpc) is 2.54. The zero-order valence-electron chi connectivity index (χ0n) is 11.7. The Bertz CT molecular complexity index is 483. The first-order valence-electron chi connectivity index (χ1n) is 6.80. The van der Waals surface area contributed by atoms with Gasteiger partial charge in [-0.05, 0) is 5.56 Å². The van der Waals surface area contributed by atoms with Gasteiger partial charge in [0.2, 0.25) is 0 Å². The monoisotopic (exact) mass is 313 g/mol. The SMILES string of the molecule is O=C(NC1C(O)C(O)OC(CO)C1O)OCc1ccccc1. The molecule has 0 aromatic heterocycles. The van der Waals surface area contributed by atoms with Gasteiger partial charge in [0.15, 0.2) is 6.29 Å². The van der Waals surface area contributed by atoms with Crippen LogP contribution in [0.5, 0.6) is 0 Å². The maximum atomic E-state index is 11.7. The predicted octanol–water partition coefficient (Wildman–Crippen LogP) is -1.29. The molecule has 0 saturated carbocycles. The van der Waals surface area contributed by atoms with E-state index in [2.05, 4.69) is 5.32 Å². The number of benzene rings is 1. The van der Waals surface area contributed by atoms with Crippen LogP contribution in [0.2, 0.25) is 0 Å². The molecule has 8 nitrogen and oxygen atoms in total. The van der Waals surface area contributed by atoms with E-state index in [-0.39, 0.29) is 6.61 Å². The van der Waals surface area contributed by atoms with Gasteiger partial charge in [0.1, 0.15) is 24.9 Å². The summed E-state index contributed by atoms with van der Waals surface area (Å²) in [5.41, 5.74) is 0.777. The molecule has 1 saturated heterocycles. The molecule has 1 aliphatic heterocycles. The second-order valence-corrected chi connectivity index (χ2v) is 4.96. The summed E-state index contributed by atoms with van der Waals surface area (Å²) in [5, 5.41) is 40.5. The third-order valence-corrected chi connectivity index (χ3v) is 3.40. The highest BCUT2D eigenvalue weighted by molar-refractivity contribution is 5.67. The Morgan fingerprint density at radius 3 is 2.50 bits per heavy atom. The van der Waals surface area contributed by atoms with Gasteiger partial charge in [0.25, 0.3) is 0 Å². The van der Waals surface area contributed by atoms with E-state index in [1.54, 1.807) is 24.3 Å². The molecule has 5 N–H and O–H groups in total. The number of rotatable bonds is 4. The number of alkyl carbamates (subject to hydrolysis) is 1. The molecule has 1 aliphatic rings. The van der Waals surface area contributed by atoms with Crippen LogP contribution in [-0.4, -0.2) is 63.8 Å². The van der Waals surface area contributed by atoms with E-state index < -0.39 is 43.3 Å². The van der Waals surface area contributed by atoms with Crippen molar-refractivity contribution in [2.75, 3.05) is 6.61 Å². The fourth-order valence-electron chi connectivity index (χ4n) is 2.17. The van der Waals surface area contributed by atoms with Gasteiger partial charge in [-0.1, -0.05) is 30.3 Å². The van der Waals surface area contributed by atoms with Crippen LogP contribution in [0.25, 0.3) is 0 Å². The molecule has 1 aromatic rings. The number of nitrogens with one attached hydrogen (secondary N) is 1. The molecular weight excluding hydrogens is 294 g/mol. The Hall–Kier alpha value is -1.71. The molecule has 0 spiro atoms. The Balaban J connectivity index is 1.91. The topological polar surface area (TPSA) is 128 Å². The number of hydrogen-bond donors (Lipinski definition) is 5. The molecule has 1 aromatic carbocycles. The minimum atomic E-state index is -1.63. The predicted molar refractivity (Wildman–Crippen MR) is 73.5 cm³/mol. The van der Waals surface area contributed by atoms with Crippen molar-refractivity contribution in [3.8, 4) is 0 Å². The van der Waals surface area contributed by atoms with Crippen LogP contribution in [0.3, 0.4) is 0 Å². The molecule has 122 valence electrons. The van der Waals surface area contributed by atoms with E-state index >= 15 is 0 Å². The minimum Gasteiger partial charge on any atom is -0.445 e. The van der Waals surface area contributed by atoms with Gasteiger partial charge in [-0.3, -0.25) is 0 Å². The summed E-state index contributed by atoms with van der Waals surface area (Å²) in [6.07, 6.45) is -6.52. The van der Waals surface area contributed by atoms with Gasteiger partial charge >= 0.3 is 6.09 Å². The van der Waals surface area contributed by atoms with E-state index in [1.807, 2.05) is 6.07 Å². The number of aliphatic hydroxyl groups excluding tert-OH is 4. The molecule has 1 heterocycles. The summed E-state index contributed by atoms with van der Waals surface area (Å²) in [4.78, 5) is 11.7. The number of hydrogen-bond acceptors (Lipinski definition) is 7. The van der Waals surface area contributed by atoms with Gasteiger partial charge in [0.05, 0.1) is 12.6 Å². The first kappa shape index (κ1) is 16.7. The quantitative estimate of drug-likeness (QED) is 0.468. The van der Waals surface area contributed by atoms with Gasteiger partial charge in [0, 0.05) is 0 Å². The highest BCUT2D eigenvalue weighted by Crippen LogP contribution is 2.19. The molecule has 0 aliphatic carbocycles. The van der Waals surface area contributed by atoms with E-state index in [1.165, 1.54) is 0 Å². The van der Waals surface area contributed by atoms with E-state index in [0.29, 0.717) is 0 Å². The van der Waals surface area contributed by atoms with Crippen molar-refractivity contribution in [1.82, 2.24) is 5.32 Å². The van der Waals surface area contributed by atoms with Crippen LogP contribution < -0.4 is 5.32 Å². The van der Waals surface area contributed by atoms with Crippen molar-refractivity contribution < 1.29 is 34.7 Å². The van der Waals surface area contributed by atoms with Crippen LogP contribution in [0.1, 0.15) is 5.56 Å². The van der Waals surface area contributed by atoms with Crippen LogP contribution in [-0.2, 0) is 16.1 Å². The van der Waals surface area contributed by atoms with Gasteiger partial charge in [-0.15, -0.1) is 0 Å². The van der Waals surface area contributed by atoms with Crippen molar-refractivity contribution in [3.63, 3.8) is 0 Å². The number of ether oxygens (including phenoxy) is 2. The van der Waals surface area contributed by atoms with Crippen LogP contribution in [0, 0.1) is 0 Å².